The van der Waals surface area contributed by atoms with Gasteiger partial charge in [-0.3, -0.25) is 4.79 Å². The Bertz CT molecular complexity index is 649. The molecule has 2 N–H and O–H groups in total. The largest absolute Gasteiger partial charge is 0.394 e. The Kier molecular flexibility index (Phi) is 9.33. The Morgan fingerprint density at radius 3 is 1.96 bits per heavy atom. The van der Waals surface area contributed by atoms with Crippen molar-refractivity contribution in [1.29, 1.82) is 0 Å². The number of aliphatic hydroxyl groups excluding tert-OH is 2. The van der Waals surface area contributed by atoms with Crippen LogP contribution in [-0.2, 0) is 15.3 Å². The molecule has 1 aliphatic rings. The van der Waals surface area contributed by atoms with Crippen LogP contribution < -0.4 is 0 Å². The maximum Gasteiger partial charge on any atom is 0.219 e. The van der Waals surface area contributed by atoms with Crippen molar-refractivity contribution < 1.29 is 24.5 Å². The first-order valence-corrected chi connectivity index (χ1v) is 9.43. The van der Waals surface area contributed by atoms with Crippen molar-refractivity contribution in [2.45, 2.75) is 33.5 Å². The van der Waals surface area contributed by atoms with E-state index in [1.165, 1.54) is 18.3 Å². The molecule has 25 heavy (non-hydrogen) atoms. The van der Waals surface area contributed by atoms with Gasteiger partial charge in [-0.25, -0.2) is 9.97 Å². The maximum absolute atomic E-state index is 10.6. The summed E-state index contributed by atoms with van der Waals surface area (Å²) in [6.07, 6.45) is 0. The van der Waals surface area contributed by atoms with Crippen LogP contribution >= 0.6 is 22.7 Å². The van der Waals surface area contributed by atoms with Crippen LogP contribution in [0.4, 0.5) is 0 Å². The number of ether oxygens (including phenoxy) is 2. The van der Waals surface area contributed by atoms with Gasteiger partial charge in [-0.1, -0.05) is 0 Å². The highest BCUT2D eigenvalue weighted by Crippen LogP contribution is 2.32. The molecular formula is C16H24N2O5S2. The third kappa shape index (κ3) is 7.27. The molecule has 0 amide bonds. The summed E-state index contributed by atoms with van der Waals surface area (Å²) in [6.45, 7) is 8.36. The van der Waals surface area contributed by atoms with E-state index in [0.717, 1.165) is 16.4 Å². The minimum Gasteiger partial charge on any atom is -0.394 e. The topological polar surface area (TPSA) is 102 Å². The molecule has 140 valence electrons. The van der Waals surface area contributed by atoms with Crippen LogP contribution in [0.2, 0.25) is 0 Å². The Morgan fingerprint density at radius 2 is 1.64 bits per heavy atom. The van der Waals surface area contributed by atoms with E-state index in [0.29, 0.717) is 18.2 Å². The molecule has 0 aliphatic carbocycles. The second kappa shape index (κ2) is 10.7. The molecule has 0 aromatic carbocycles. The van der Waals surface area contributed by atoms with Gasteiger partial charge in [0.2, 0.25) is 5.79 Å². The zero-order valence-corrected chi connectivity index (χ0v) is 16.4. The minimum atomic E-state index is -0.584. The normalized spacial score (nSPS) is 15.0. The quantitative estimate of drug-likeness (QED) is 0.778. The maximum atomic E-state index is 10.6. The summed E-state index contributed by atoms with van der Waals surface area (Å²) in [5.74, 6) is -0.535. The lowest BCUT2D eigenvalue weighted by Gasteiger charge is -2.18. The number of hydrogen-bond acceptors (Lipinski definition) is 9. The highest BCUT2D eigenvalue weighted by molar-refractivity contribution is 7.11. The Labute approximate surface area is 155 Å². The number of hydrogen-bond donors (Lipinski definition) is 2. The summed E-state index contributed by atoms with van der Waals surface area (Å²) in [4.78, 5) is 18.9. The predicted octanol–water partition coefficient (Wildman–Crippen LogP) is 2.30. The summed E-state index contributed by atoms with van der Waals surface area (Å²) in [5, 5.41) is 20.6. The van der Waals surface area contributed by atoms with Gasteiger partial charge in [0.05, 0.1) is 26.4 Å². The number of aryl methyl sites for hydroxylation is 2. The summed E-state index contributed by atoms with van der Waals surface area (Å²) >= 11 is 2.98. The highest BCUT2D eigenvalue weighted by Gasteiger charge is 2.35. The van der Waals surface area contributed by atoms with Crippen molar-refractivity contribution in [2.75, 3.05) is 26.4 Å². The molecule has 1 aliphatic heterocycles. The zero-order valence-electron chi connectivity index (χ0n) is 14.8. The van der Waals surface area contributed by atoms with Gasteiger partial charge < -0.3 is 19.7 Å². The molecule has 3 rings (SSSR count). The van der Waals surface area contributed by atoms with Crippen LogP contribution in [0.25, 0.3) is 0 Å². The number of carbonyl (C=O) groups is 1. The van der Waals surface area contributed by atoms with E-state index in [-0.39, 0.29) is 19.0 Å². The standard InChI is InChI=1S/C8H11NO2S.C6H7NOS.C2H6O2/c1-6-5-12-7(9-6)8(2)10-3-4-11-8;1-4-3-9-6(7-4)5(2)8;3-1-2-4/h5H,3-4H2,1-2H3;3H,1-2H3;3-4H,1-2H2. The summed E-state index contributed by atoms with van der Waals surface area (Å²) in [7, 11) is 0. The first kappa shape index (κ1) is 21.8. The van der Waals surface area contributed by atoms with Crippen LogP contribution in [0.5, 0.6) is 0 Å². The number of ketones is 1. The van der Waals surface area contributed by atoms with E-state index in [4.69, 9.17) is 19.7 Å². The van der Waals surface area contributed by atoms with Gasteiger partial charge in [-0.05, 0) is 20.8 Å². The molecule has 0 spiro atoms. The third-order valence-corrected chi connectivity index (χ3v) is 5.07. The number of Topliss-reactive ketones (excluding diaryl/α,β-unsaturated/α-hetero) is 1. The predicted molar refractivity (Wildman–Crippen MR) is 97.1 cm³/mol. The monoisotopic (exact) mass is 388 g/mol. The number of aromatic nitrogens is 2. The molecule has 0 radical (unpaired) electrons. The van der Waals surface area contributed by atoms with E-state index < -0.39 is 5.79 Å². The fourth-order valence-electron chi connectivity index (χ4n) is 1.72. The van der Waals surface area contributed by atoms with Gasteiger partial charge in [0.15, 0.2) is 15.8 Å². The number of thiazole rings is 2. The van der Waals surface area contributed by atoms with Gasteiger partial charge in [0.1, 0.15) is 0 Å². The van der Waals surface area contributed by atoms with E-state index in [9.17, 15) is 4.79 Å². The third-order valence-electron chi connectivity index (χ3n) is 2.87. The smallest absolute Gasteiger partial charge is 0.219 e. The highest BCUT2D eigenvalue weighted by atomic mass is 32.1. The van der Waals surface area contributed by atoms with Crippen molar-refractivity contribution in [1.82, 2.24) is 9.97 Å². The molecule has 0 bridgehead atoms. The lowest BCUT2D eigenvalue weighted by atomic mass is 10.3. The second-order valence-electron chi connectivity index (χ2n) is 5.23. The molecule has 0 saturated carbocycles. The Balaban J connectivity index is 0.000000213. The first-order valence-electron chi connectivity index (χ1n) is 7.67. The zero-order chi connectivity index (χ0) is 18.9. The Hall–Kier alpha value is -1.23. The number of carbonyl (C=O) groups excluding carboxylic acids is 1. The summed E-state index contributed by atoms with van der Waals surface area (Å²) in [5.41, 5.74) is 1.94. The summed E-state index contributed by atoms with van der Waals surface area (Å²) < 4.78 is 10.9. The van der Waals surface area contributed by atoms with Gasteiger partial charge in [-0.15, -0.1) is 22.7 Å². The van der Waals surface area contributed by atoms with Gasteiger partial charge in [0, 0.05) is 29.1 Å². The van der Waals surface area contributed by atoms with Crippen LogP contribution in [0.1, 0.15) is 40.0 Å². The van der Waals surface area contributed by atoms with E-state index >= 15 is 0 Å². The molecular weight excluding hydrogens is 364 g/mol. The van der Waals surface area contributed by atoms with Crippen molar-refractivity contribution in [3.8, 4) is 0 Å². The van der Waals surface area contributed by atoms with Crippen molar-refractivity contribution in [3.63, 3.8) is 0 Å². The molecule has 0 unspecified atom stereocenters. The van der Waals surface area contributed by atoms with E-state index in [1.54, 1.807) is 11.3 Å². The van der Waals surface area contributed by atoms with E-state index in [2.05, 4.69) is 9.97 Å². The summed E-state index contributed by atoms with van der Waals surface area (Å²) in [6, 6.07) is 0. The fourth-order valence-corrected chi connectivity index (χ4v) is 3.28. The lowest BCUT2D eigenvalue weighted by molar-refractivity contribution is -0.149. The molecule has 0 atom stereocenters. The van der Waals surface area contributed by atoms with Crippen molar-refractivity contribution in [2.24, 2.45) is 0 Å². The number of nitrogens with zero attached hydrogens (tertiary/aromatic N) is 2. The lowest BCUT2D eigenvalue weighted by Crippen LogP contribution is -2.21. The SMILES string of the molecule is CC(=O)c1nc(C)cs1.Cc1csc(C2(C)OCCO2)n1.OCCO. The van der Waals surface area contributed by atoms with Crippen molar-refractivity contribution in [3.05, 3.63) is 32.2 Å². The molecule has 1 fully saturated rings. The molecule has 1 saturated heterocycles. The van der Waals surface area contributed by atoms with Gasteiger partial charge >= 0.3 is 0 Å². The van der Waals surface area contributed by atoms with Crippen LogP contribution in [0.15, 0.2) is 10.8 Å². The Morgan fingerprint density at radius 1 is 1.12 bits per heavy atom. The average Bonchev–Trinajstić information content (AvgIpc) is 3.30. The minimum absolute atomic E-state index is 0.0492. The van der Waals surface area contributed by atoms with Gasteiger partial charge in [-0.2, -0.15) is 0 Å². The molecule has 3 heterocycles. The molecule has 2 aromatic rings. The van der Waals surface area contributed by atoms with Crippen LogP contribution in [-0.4, -0.2) is 52.4 Å². The molecule has 2 aromatic heterocycles. The molecule has 9 heteroatoms. The first-order chi connectivity index (χ1) is 11.8. The number of rotatable bonds is 3. The average molecular weight is 389 g/mol. The second-order valence-corrected chi connectivity index (χ2v) is 6.95. The van der Waals surface area contributed by atoms with Crippen molar-refractivity contribution >= 4 is 28.5 Å². The van der Waals surface area contributed by atoms with Gasteiger partial charge in [0.25, 0.3) is 0 Å². The van der Waals surface area contributed by atoms with Crippen LogP contribution in [0.3, 0.4) is 0 Å². The van der Waals surface area contributed by atoms with Crippen LogP contribution in [0, 0.1) is 13.8 Å². The molecule has 7 nitrogen and oxygen atoms in total. The fraction of sp³-hybridized carbons (Fsp3) is 0.562. The van der Waals surface area contributed by atoms with E-state index in [1.807, 2.05) is 31.5 Å². The number of aliphatic hydroxyl groups is 2.